The van der Waals surface area contributed by atoms with Crippen molar-refractivity contribution in [1.29, 1.82) is 0 Å². The van der Waals surface area contributed by atoms with Gasteiger partial charge in [-0.05, 0) is 32.0 Å². The van der Waals surface area contributed by atoms with Gasteiger partial charge in [-0.2, -0.15) is 13.2 Å². The summed E-state index contributed by atoms with van der Waals surface area (Å²) in [5.74, 6) is -0.568. The molecular formula is C14H19F3N2O2. The quantitative estimate of drug-likeness (QED) is 0.849. The van der Waals surface area contributed by atoms with Crippen LogP contribution in [-0.4, -0.2) is 32.2 Å². The number of ether oxygens (including phenoxy) is 1. The minimum atomic E-state index is -4.49. The fourth-order valence-electron chi connectivity index (χ4n) is 1.85. The van der Waals surface area contributed by atoms with Crippen LogP contribution in [0.15, 0.2) is 18.2 Å². The summed E-state index contributed by atoms with van der Waals surface area (Å²) >= 11 is 0. The van der Waals surface area contributed by atoms with Crippen LogP contribution in [0, 0.1) is 0 Å². The first-order valence-electron chi connectivity index (χ1n) is 6.54. The molecule has 0 saturated heterocycles. The predicted octanol–water partition coefficient (Wildman–Crippen LogP) is 2.90. The summed E-state index contributed by atoms with van der Waals surface area (Å²) in [5.41, 5.74) is -0.518. The normalized spacial score (nSPS) is 12.9. The van der Waals surface area contributed by atoms with E-state index < -0.39 is 17.6 Å². The average Bonchev–Trinajstić information content (AvgIpc) is 2.38. The largest absolute Gasteiger partial charge is 0.416 e. The van der Waals surface area contributed by atoms with Crippen LogP contribution in [-0.2, 0) is 10.9 Å². The van der Waals surface area contributed by atoms with Crippen molar-refractivity contribution in [2.24, 2.45) is 0 Å². The van der Waals surface area contributed by atoms with Crippen LogP contribution in [0.2, 0.25) is 0 Å². The number of rotatable bonds is 6. The lowest BCUT2D eigenvalue weighted by Crippen LogP contribution is -2.36. The lowest BCUT2D eigenvalue weighted by atomic mass is 10.1. The van der Waals surface area contributed by atoms with Crippen molar-refractivity contribution in [3.8, 4) is 0 Å². The van der Waals surface area contributed by atoms with E-state index in [-0.39, 0.29) is 18.2 Å². The summed E-state index contributed by atoms with van der Waals surface area (Å²) in [6, 6.07) is 2.77. The maximum absolute atomic E-state index is 12.8. The summed E-state index contributed by atoms with van der Waals surface area (Å²) in [4.78, 5) is 12.1. The highest BCUT2D eigenvalue weighted by atomic mass is 19.4. The highest BCUT2D eigenvalue weighted by Crippen LogP contribution is 2.31. The van der Waals surface area contributed by atoms with Gasteiger partial charge in [0.2, 0.25) is 0 Å². The van der Waals surface area contributed by atoms with Gasteiger partial charge in [0.1, 0.15) is 0 Å². The Bertz CT molecular complexity index is 490. The topological polar surface area (TPSA) is 50.4 Å². The van der Waals surface area contributed by atoms with Gasteiger partial charge in [-0.3, -0.25) is 4.79 Å². The summed E-state index contributed by atoms with van der Waals surface area (Å²) in [6.07, 6.45) is -4.49. The Morgan fingerprint density at radius 3 is 2.57 bits per heavy atom. The first-order valence-corrected chi connectivity index (χ1v) is 6.54. The van der Waals surface area contributed by atoms with E-state index in [2.05, 4.69) is 10.6 Å². The van der Waals surface area contributed by atoms with Crippen LogP contribution < -0.4 is 10.6 Å². The Morgan fingerprint density at radius 1 is 1.38 bits per heavy atom. The van der Waals surface area contributed by atoms with Gasteiger partial charge in [0.25, 0.3) is 5.91 Å². The van der Waals surface area contributed by atoms with Gasteiger partial charge in [0, 0.05) is 25.4 Å². The molecule has 1 atom stereocenters. The number of nitrogens with one attached hydrogen (secondary N) is 2. The number of anilines is 1. The average molecular weight is 304 g/mol. The van der Waals surface area contributed by atoms with E-state index in [1.165, 1.54) is 13.2 Å². The molecule has 0 spiro atoms. The molecule has 1 aromatic carbocycles. The Hall–Kier alpha value is -1.76. The van der Waals surface area contributed by atoms with Crippen molar-refractivity contribution in [2.45, 2.75) is 26.1 Å². The van der Waals surface area contributed by atoms with E-state index in [0.717, 1.165) is 12.1 Å². The van der Waals surface area contributed by atoms with Crippen molar-refractivity contribution in [1.82, 2.24) is 5.32 Å². The van der Waals surface area contributed by atoms with Crippen LogP contribution >= 0.6 is 0 Å². The number of amides is 1. The zero-order valence-corrected chi connectivity index (χ0v) is 12.2. The molecule has 1 rings (SSSR count). The lowest BCUT2D eigenvalue weighted by molar-refractivity contribution is -0.137. The van der Waals surface area contributed by atoms with E-state index in [1.54, 1.807) is 13.8 Å². The zero-order valence-electron chi connectivity index (χ0n) is 12.2. The standard InChI is InChI=1S/C14H19F3N2O2/c1-4-18-12-6-5-10(14(15,16)17)7-11(12)13(20)19-9(2)8-21-3/h5-7,9,18H,4,8H2,1-3H3,(H,19,20). The number of halogens is 3. The molecule has 0 aliphatic carbocycles. The molecule has 21 heavy (non-hydrogen) atoms. The van der Waals surface area contributed by atoms with Crippen molar-refractivity contribution in [3.63, 3.8) is 0 Å². The van der Waals surface area contributed by atoms with Crippen LogP contribution in [0.1, 0.15) is 29.8 Å². The van der Waals surface area contributed by atoms with Crippen LogP contribution in [0.4, 0.5) is 18.9 Å². The van der Waals surface area contributed by atoms with Gasteiger partial charge >= 0.3 is 6.18 Å². The molecular weight excluding hydrogens is 285 g/mol. The van der Waals surface area contributed by atoms with Crippen LogP contribution in [0.25, 0.3) is 0 Å². The molecule has 1 amide bonds. The van der Waals surface area contributed by atoms with Crippen molar-refractivity contribution in [3.05, 3.63) is 29.3 Å². The molecule has 7 heteroatoms. The molecule has 0 aliphatic heterocycles. The molecule has 0 heterocycles. The maximum Gasteiger partial charge on any atom is 0.416 e. The Balaban J connectivity index is 3.08. The minimum absolute atomic E-state index is 0.0328. The second-order valence-corrected chi connectivity index (χ2v) is 4.62. The lowest BCUT2D eigenvalue weighted by Gasteiger charge is -2.17. The molecule has 0 radical (unpaired) electrons. The molecule has 1 unspecified atom stereocenters. The summed E-state index contributed by atoms with van der Waals surface area (Å²) in [7, 11) is 1.48. The second kappa shape index (κ2) is 7.31. The number of benzene rings is 1. The Kier molecular flexibility index (Phi) is 6.02. The first-order chi connectivity index (χ1) is 9.79. The third-order valence-electron chi connectivity index (χ3n) is 2.75. The van der Waals surface area contributed by atoms with Gasteiger partial charge in [0.15, 0.2) is 0 Å². The van der Waals surface area contributed by atoms with Gasteiger partial charge in [0.05, 0.1) is 17.7 Å². The number of hydrogen-bond donors (Lipinski definition) is 2. The maximum atomic E-state index is 12.8. The van der Waals surface area contributed by atoms with Gasteiger partial charge in [-0.25, -0.2) is 0 Å². The molecule has 0 bridgehead atoms. The monoisotopic (exact) mass is 304 g/mol. The van der Waals surface area contributed by atoms with E-state index in [1.807, 2.05) is 0 Å². The fraction of sp³-hybridized carbons (Fsp3) is 0.500. The molecule has 4 nitrogen and oxygen atoms in total. The third kappa shape index (κ3) is 4.93. The van der Waals surface area contributed by atoms with E-state index in [9.17, 15) is 18.0 Å². The number of carbonyl (C=O) groups is 1. The SMILES string of the molecule is CCNc1ccc(C(F)(F)F)cc1C(=O)NC(C)COC. The molecule has 2 N–H and O–H groups in total. The van der Waals surface area contributed by atoms with Gasteiger partial charge < -0.3 is 15.4 Å². The summed E-state index contributed by atoms with van der Waals surface area (Å²) < 4.78 is 43.2. The molecule has 1 aromatic rings. The number of methoxy groups -OCH3 is 1. The summed E-state index contributed by atoms with van der Waals surface area (Å²) in [5, 5.41) is 5.48. The molecule has 118 valence electrons. The second-order valence-electron chi connectivity index (χ2n) is 4.62. The smallest absolute Gasteiger partial charge is 0.385 e. The van der Waals surface area contributed by atoms with Crippen molar-refractivity contribution < 1.29 is 22.7 Å². The summed E-state index contributed by atoms with van der Waals surface area (Å²) in [6.45, 7) is 4.29. The Morgan fingerprint density at radius 2 is 2.05 bits per heavy atom. The van der Waals surface area contributed by atoms with Crippen molar-refractivity contribution in [2.75, 3.05) is 25.6 Å². The molecule has 0 fully saturated rings. The first kappa shape index (κ1) is 17.3. The van der Waals surface area contributed by atoms with Crippen LogP contribution in [0.3, 0.4) is 0 Å². The predicted molar refractivity (Wildman–Crippen MR) is 74.4 cm³/mol. The third-order valence-corrected chi connectivity index (χ3v) is 2.75. The number of hydrogen-bond acceptors (Lipinski definition) is 3. The number of carbonyl (C=O) groups excluding carboxylic acids is 1. The van der Waals surface area contributed by atoms with E-state index >= 15 is 0 Å². The molecule has 0 aliphatic rings. The zero-order chi connectivity index (χ0) is 16.0. The van der Waals surface area contributed by atoms with Gasteiger partial charge in [-0.1, -0.05) is 0 Å². The Labute approximate surface area is 121 Å². The van der Waals surface area contributed by atoms with E-state index in [0.29, 0.717) is 12.2 Å². The van der Waals surface area contributed by atoms with Gasteiger partial charge in [-0.15, -0.1) is 0 Å². The minimum Gasteiger partial charge on any atom is -0.385 e. The number of alkyl halides is 3. The van der Waals surface area contributed by atoms with E-state index in [4.69, 9.17) is 4.74 Å². The highest BCUT2D eigenvalue weighted by molar-refractivity contribution is 6.00. The van der Waals surface area contributed by atoms with Crippen molar-refractivity contribution >= 4 is 11.6 Å². The fourth-order valence-corrected chi connectivity index (χ4v) is 1.85. The van der Waals surface area contributed by atoms with Crippen LogP contribution in [0.5, 0.6) is 0 Å². The molecule has 0 saturated carbocycles. The highest BCUT2D eigenvalue weighted by Gasteiger charge is 2.31. The molecule has 0 aromatic heterocycles.